The molecule has 1 rings (SSSR count). The first-order chi connectivity index (χ1) is 8.02. The first kappa shape index (κ1) is 13.5. The van der Waals surface area contributed by atoms with Gasteiger partial charge in [0.05, 0.1) is 18.3 Å². The summed E-state index contributed by atoms with van der Waals surface area (Å²) in [7, 11) is 0. The van der Waals surface area contributed by atoms with Crippen LogP contribution in [0.15, 0.2) is 18.2 Å². The van der Waals surface area contributed by atoms with Crippen molar-refractivity contribution in [3.05, 3.63) is 29.3 Å². The molecule has 17 heavy (non-hydrogen) atoms. The summed E-state index contributed by atoms with van der Waals surface area (Å²) >= 11 is 0. The molecule has 0 heterocycles. The third-order valence-electron chi connectivity index (χ3n) is 2.28. The number of nitrogens with two attached hydrogens (primary N) is 1. The van der Waals surface area contributed by atoms with Gasteiger partial charge in [0.1, 0.15) is 6.61 Å². The SMILES string of the molecule is Cc1cccc(N)c1C(=O)OCCOC(C)C. The standard InChI is InChI=1S/C13H19NO3/c1-9(2)16-7-8-17-13(15)12-10(3)5-4-6-11(12)14/h4-6,9H,7-8,14H2,1-3H3. The number of esters is 1. The monoisotopic (exact) mass is 237 g/mol. The van der Waals surface area contributed by atoms with Crippen LogP contribution < -0.4 is 5.73 Å². The van der Waals surface area contributed by atoms with Gasteiger partial charge in [-0.05, 0) is 32.4 Å². The van der Waals surface area contributed by atoms with Crippen LogP contribution in [0, 0.1) is 6.92 Å². The van der Waals surface area contributed by atoms with Gasteiger partial charge >= 0.3 is 5.97 Å². The molecule has 0 saturated heterocycles. The van der Waals surface area contributed by atoms with Crippen LogP contribution in [0.3, 0.4) is 0 Å². The molecule has 0 aliphatic heterocycles. The van der Waals surface area contributed by atoms with Crippen LogP contribution in [-0.4, -0.2) is 25.3 Å². The smallest absolute Gasteiger partial charge is 0.340 e. The molecule has 1 aromatic rings. The molecule has 0 spiro atoms. The number of rotatable bonds is 5. The number of hydrogen-bond donors (Lipinski definition) is 1. The van der Waals surface area contributed by atoms with Crippen molar-refractivity contribution >= 4 is 11.7 Å². The quantitative estimate of drug-likeness (QED) is 0.484. The lowest BCUT2D eigenvalue weighted by Gasteiger charge is -2.10. The van der Waals surface area contributed by atoms with Gasteiger partial charge in [0.15, 0.2) is 0 Å². The third kappa shape index (κ3) is 4.07. The maximum Gasteiger partial charge on any atom is 0.340 e. The van der Waals surface area contributed by atoms with Crippen LogP contribution in [0.1, 0.15) is 29.8 Å². The second-order valence-electron chi connectivity index (χ2n) is 4.09. The summed E-state index contributed by atoms with van der Waals surface area (Å²) in [5, 5.41) is 0. The molecular formula is C13H19NO3. The molecule has 94 valence electrons. The number of ether oxygens (including phenoxy) is 2. The Hall–Kier alpha value is -1.55. The maximum absolute atomic E-state index is 11.8. The highest BCUT2D eigenvalue weighted by Gasteiger charge is 2.13. The van der Waals surface area contributed by atoms with E-state index in [0.717, 1.165) is 5.56 Å². The van der Waals surface area contributed by atoms with Crippen molar-refractivity contribution in [1.29, 1.82) is 0 Å². The van der Waals surface area contributed by atoms with Crippen LogP contribution in [0.4, 0.5) is 5.69 Å². The fraction of sp³-hybridized carbons (Fsp3) is 0.462. The first-order valence-corrected chi connectivity index (χ1v) is 5.66. The predicted octanol–water partition coefficient (Wildman–Crippen LogP) is 2.16. The van der Waals surface area contributed by atoms with Gasteiger partial charge in [0, 0.05) is 5.69 Å². The summed E-state index contributed by atoms with van der Waals surface area (Å²) in [6.45, 7) is 6.33. The zero-order valence-corrected chi connectivity index (χ0v) is 10.5. The Morgan fingerprint density at radius 3 is 2.65 bits per heavy atom. The highest BCUT2D eigenvalue weighted by molar-refractivity contribution is 5.96. The van der Waals surface area contributed by atoms with E-state index >= 15 is 0 Å². The molecule has 0 atom stereocenters. The van der Waals surface area contributed by atoms with Gasteiger partial charge < -0.3 is 15.2 Å². The number of nitrogen functional groups attached to an aromatic ring is 1. The van der Waals surface area contributed by atoms with E-state index in [4.69, 9.17) is 15.2 Å². The lowest BCUT2D eigenvalue weighted by atomic mass is 10.1. The van der Waals surface area contributed by atoms with Gasteiger partial charge in [-0.2, -0.15) is 0 Å². The number of aryl methyl sites for hydroxylation is 1. The number of carbonyl (C=O) groups excluding carboxylic acids is 1. The fourth-order valence-electron chi connectivity index (χ4n) is 1.46. The van der Waals surface area contributed by atoms with E-state index in [0.29, 0.717) is 17.9 Å². The van der Waals surface area contributed by atoms with E-state index in [1.807, 2.05) is 32.9 Å². The van der Waals surface area contributed by atoms with E-state index in [9.17, 15) is 4.79 Å². The van der Waals surface area contributed by atoms with Gasteiger partial charge in [0.2, 0.25) is 0 Å². The van der Waals surface area contributed by atoms with Crippen LogP contribution >= 0.6 is 0 Å². The minimum Gasteiger partial charge on any atom is -0.460 e. The van der Waals surface area contributed by atoms with Crippen molar-refractivity contribution in [2.75, 3.05) is 18.9 Å². The van der Waals surface area contributed by atoms with Crippen molar-refractivity contribution in [3.63, 3.8) is 0 Å². The number of anilines is 1. The van der Waals surface area contributed by atoms with E-state index in [1.165, 1.54) is 0 Å². The van der Waals surface area contributed by atoms with Crippen molar-refractivity contribution in [2.24, 2.45) is 0 Å². The highest BCUT2D eigenvalue weighted by atomic mass is 16.6. The second-order valence-corrected chi connectivity index (χ2v) is 4.09. The molecule has 0 radical (unpaired) electrons. The summed E-state index contributed by atoms with van der Waals surface area (Å²) in [4.78, 5) is 11.8. The second kappa shape index (κ2) is 6.25. The summed E-state index contributed by atoms with van der Waals surface area (Å²) < 4.78 is 10.4. The molecule has 4 nitrogen and oxygen atoms in total. The average Bonchev–Trinajstić information content (AvgIpc) is 2.24. The Morgan fingerprint density at radius 2 is 2.06 bits per heavy atom. The fourth-order valence-corrected chi connectivity index (χ4v) is 1.46. The van der Waals surface area contributed by atoms with E-state index in [2.05, 4.69) is 0 Å². The van der Waals surface area contributed by atoms with Crippen molar-refractivity contribution < 1.29 is 14.3 Å². The summed E-state index contributed by atoms with van der Waals surface area (Å²) in [6, 6.07) is 5.33. The minimum atomic E-state index is -0.395. The predicted molar refractivity (Wildman–Crippen MR) is 67.0 cm³/mol. The number of carbonyl (C=O) groups is 1. The molecule has 0 fully saturated rings. The topological polar surface area (TPSA) is 61.6 Å². The van der Waals surface area contributed by atoms with Crippen LogP contribution in [0.25, 0.3) is 0 Å². The molecule has 2 N–H and O–H groups in total. The van der Waals surface area contributed by atoms with Crippen LogP contribution in [-0.2, 0) is 9.47 Å². The average molecular weight is 237 g/mol. The maximum atomic E-state index is 11.8. The molecule has 0 aromatic heterocycles. The normalized spacial score (nSPS) is 10.6. The van der Waals surface area contributed by atoms with E-state index in [1.54, 1.807) is 6.07 Å². The Bertz CT molecular complexity index is 368. The van der Waals surface area contributed by atoms with Gasteiger partial charge in [-0.15, -0.1) is 0 Å². The van der Waals surface area contributed by atoms with Crippen molar-refractivity contribution in [1.82, 2.24) is 0 Å². The van der Waals surface area contributed by atoms with Crippen LogP contribution in [0.2, 0.25) is 0 Å². The highest BCUT2D eigenvalue weighted by Crippen LogP contribution is 2.17. The molecule has 0 saturated carbocycles. The Kier molecular flexibility index (Phi) is 4.97. The Labute approximate surface area is 102 Å². The zero-order chi connectivity index (χ0) is 12.8. The van der Waals surface area contributed by atoms with Crippen molar-refractivity contribution in [3.8, 4) is 0 Å². The summed E-state index contributed by atoms with van der Waals surface area (Å²) in [5.74, 6) is -0.395. The lowest BCUT2D eigenvalue weighted by Crippen LogP contribution is -2.15. The summed E-state index contributed by atoms with van der Waals surface area (Å²) in [5.41, 5.74) is 7.45. The van der Waals surface area contributed by atoms with Gasteiger partial charge in [0.25, 0.3) is 0 Å². The van der Waals surface area contributed by atoms with Crippen molar-refractivity contribution in [2.45, 2.75) is 26.9 Å². The van der Waals surface area contributed by atoms with Gasteiger partial charge in [-0.1, -0.05) is 12.1 Å². The van der Waals surface area contributed by atoms with Gasteiger partial charge in [-0.3, -0.25) is 0 Å². The molecular weight excluding hydrogens is 218 g/mol. The Balaban J connectivity index is 2.53. The lowest BCUT2D eigenvalue weighted by molar-refractivity contribution is 0.0177. The van der Waals surface area contributed by atoms with E-state index < -0.39 is 5.97 Å². The zero-order valence-electron chi connectivity index (χ0n) is 10.5. The molecule has 0 bridgehead atoms. The molecule has 4 heteroatoms. The number of hydrogen-bond acceptors (Lipinski definition) is 4. The minimum absolute atomic E-state index is 0.136. The molecule has 0 aliphatic rings. The first-order valence-electron chi connectivity index (χ1n) is 5.66. The molecule has 0 amide bonds. The largest absolute Gasteiger partial charge is 0.460 e. The Morgan fingerprint density at radius 1 is 1.35 bits per heavy atom. The van der Waals surface area contributed by atoms with E-state index in [-0.39, 0.29) is 12.7 Å². The number of benzene rings is 1. The summed E-state index contributed by atoms with van der Waals surface area (Å²) in [6.07, 6.45) is 0.136. The van der Waals surface area contributed by atoms with Gasteiger partial charge in [-0.25, -0.2) is 4.79 Å². The molecule has 1 aromatic carbocycles. The third-order valence-corrected chi connectivity index (χ3v) is 2.28. The molecule has 0 unspecified atom stereocenters. The van der Waals surface area contributed by atoms with Crippen LogP contribution in [0.5, 0.6) is 0 Å². The molecule has 0 aliphatic carbocycles.